The minimum atomic E-state index is -1.01. The molecule has 0 saturated carbocycles. The van der Waals surface area contributed by atoms with E-state index in [4.69, 9.17) is 14.2 Å². The van der Waals surface area contributed by atoms with Gasteiger partial charge in [0.1, 0.15) is 13.2 Å². The molecule has 10 nitrogen and oxygen atoms in total. The Hall–Kier alpha value is -3.53. The summed E-state index contributed by atoms with van der Waals surface area (Å²) in [6.07, 6.45) is -1.01. The van der Waals surface area contributed by atoms with E-state index in [-0.39, 0.29) is 24.8 Å². The number of anilines is 1. The minimum absolute atomic E-state index is 0.0303. The maximum absolute atomic E-state index is 13.0. The number of fused-ring (bicyclic) bond motifs is 1. The van der Waals surface area contributed by atoms with Gasteiger partial charge in [-0.1, -0.05) is 30.3 Å². The maximum Gasteiger partial charge on any atom is 0.366 e. The van der Waals surface area contributed by atoms with Crippen molar-refractivity contribution >= 4 is 23.5 Å². The third kappa shape index (κ3) is 4.66. The Morgan fingerprint density at radius 1 is 1.24 bits per heavy atom. The zero-order valence-electron chi connectivity index (χ0n) is 15.6. The molecule has 1 aliphatic heterocycles. The number of carbonyl (C=O) groups is 2. The SMILES string of the molecule is CCOCCOC(=O)CN1C(=O)C(c2ccccc2)Oc2ccc([N+](=O)[O-])nc21. The van der Waals surface area contributed by atoms with Crippen molar-refractivity contribution in [3.63, 3.8) is 0 Å². The molecular weight excluding hydrogens is 382 g/mol. The zero-order chi connectivity index (χ0) is 20.8. The summed E-state index contributed by atoms with van der Waals surface area (Å²) in [5, 5.41) is 11.1. The number of aromatic nitrogens is 1. The number of ether oxygens (including phenoxy) is 3. The van der Waals surface area contributed by atoms with E-state index >= 15 is 0 Å². The Morgan fingerprint density at radius 3 is 2.69 bits per heavy atom. The Morgan fingerprint density at radius 2 is 2.00 bits per heavy atom. The van der Waals surface area contributed by atoms with Gasteiger partial charge in [0, 0.05) is 18.2 Å². The monoisotopic (exact) mass is 401 g/mol. The lowest BCUT2D eigenvalue weighted by molar-refractivity contribution is -0.389. The van der Waals surface area contributed by atoms with Gasteiger partial charge < -0.3 is 24.3 Å². The van der Waals surface area contributed by atoms with Gasteiger partial charge in [0.15, 0.2) is 5.75 Å². The summed E-state index contributed by atoms with van der Waals surface area (Å²) in [6, 6.07) is 11.3. The van der Waals surface area contributed by atoms with Crippen LogP contribution in [0.25, 0.3) is 0 Å². The van der Waals surface area contributed by atoms with E-state index in [9.17, 15) is 19.7 Å². The second-order valence-electron chi connectivity index (χ2n) is 6.00. The first-order valence-corrected chi connectivity index (χ1v) is 8.93. The molecule has 0 radical (unpaired) electrons. The molecule has 2 aromatic rings. The molecule has 1 aliphatic rings. The lowest BCUT2D eigenvalue weighted by Gasteiger charge is -2.30. The Bertz CT molecular complexity index is 904. The standard InChI is InChI=1S/C19H19N3O7/c1-2-27-10-11-28-16(23)12-21-18-14(8-9-15(20-18)22(25)26)29-17(19(21)24)13-6-4-3-5-7-13/h3-9,17H,2,10-12H2,1H3. The summed E-state index contributed by atoms with van der Waals surface area (Å²) in [6.45, 7) is 2.10. The van der Waals surface area contributed by atoms with Crippen LogP contribution in [-0.2, 0) is 19.1 Å². The van der Waals surface area contributed by atoms with E-state index in [1.807, 2.05) is 6.92 Å². The van der Waals surface area contributed by atoms with Crippen molar-refractivity contribution in [2.75, 3.05) is 31.3 Å². The molecule has 1 amide bonds. The number of rotatable bonds is 8. The highest BCUT2D eigenvalue weighted by Crippen LogP contribution is 2.38. The second kappa shape index (κ2) is 9.11. The number of nitrogens with zero attached hydrogens (tertiary/aromatic N) is 3. The molecule has 1 atom stereocenters. The molecule has 0 spiro atoms. The third-order valence-electron chi connectivity index (χ3n) is 4.09. The van der Waals surface area contributed by atoms with Crippen molar-refractivity contribution in [2.45, 2.75) is 13.0 Å². The molecule has 0 bridgehead atoms. The number of amides is 1. The molecule has 0 aliphatic carbocycles. The van der Waals surface area contributed by atoms with Crippen molar-refractivity contribution in [1.29, 1.82) is 0 Å². The lowest BCUT2D eigenvalue weighted by Crippen LogP contribution is -2.45. The van der Waals surface area contributed by atoms with Gasteiger partial charge in [-0.3, -0.25) is 14.5 Å². The van der Waals surface area contributed by atoms with Crippen LogP contribution < -0.4 is 9.64 Å². The first-order chi connectivity index (χ1) is 14.0. The topological polar surface area (TPSA) is 121 Å². The Balaban J connectivity index is 1.88. The summed E-state index contributed by atoms with van der Waals surface area (Å²) >= 11 is 0. The van der Waals surface area contributed by atoms with Gasteiger partial charge in [-0.2, -0.15) is 0 Å². The summed E-state index contributed by atoms with van der Waals surface area (Å²) in [5.41, 5.74) is 0.580. The van der Waals surface area contributed by atoms with Crippen LogP contribution in [0.4, 0.5) is 11.6 Å². The van der Waals surface area contributed by atoms with Crippen LogP contribution in [0.5, 0.6) is 5.75 Å². The van der Waals surface area contributed by atoms with Crippen molar-refractivity contribution in [1.82, 2.24) is 4.98 Å². The van der Waals surface area contributed by atoms with Crippen molar-refractivity contribution in [3.05, 3.63) is 58.1 Å². The van der Waals surface area contributed by atoms with Gasteiger partial charge in [-0.05, 0) is 22.9 Å². The molecule has 1 aromatic heterocycles. The zero-order valence-corrected chi connectivity index (χ0v) is 15.6. The van der Waals surface area contributed by atoms with Gasteiger partial charge in [0.2, 0.25) is 6.10 Å². The minimum Gasteiger partial charge on any atom is -0.469 e. The molecular formula is C19H19N3O7. The van der Waals surface area contributed by atoms with Crippen molar-refractivity contribution in [2.24, 2.45) is 0 Å². The highest BCUT2D eigenvalue weighted by atomic mass is 16.6. The van der Waals surface area contributed by atoms with Gasteiger partial charge in [0.25, 0.3) is 11.7 Å². The van der Waals surface area contributed by atoms with Crippen LogP contribution in [0.15, 0.2) is 42.5 Å². The Labute approximate surface area is 166 Å². The first kappa shape index (κ1) is 20.2. The van der Waals surface area contributed by atoms with Gasteiger partial charge in [-0.25, -0.2) is 0 Å². The summed E-state index contributed by atoms with van der Waals surface area (Å²) < 4.78 is 15.9. The fourth-order valence-electron chi connectivity index (χ4n) is 2.76. The van der Waals surface area contributed by atoms with Crippen molar-refractivity contribution in [3.8, 4) is 5.75 Å². The predicted molar refractivity (Wildman–Crippen MR) is 101 cm³/mol. The van der Waals surface area contributed by atoms with Crippen LogP contribution in [0, 0.1) is 10.1 Å². The molecule has 10 heteroatoms. The van der Waals surface area contributed by atoms with E-state index in [0.717, 1.165) is 4.90 Å². The molecule has 0 fully saturated rings. The van der Waals surface area contributed by atoms with E-state index in [2.05, 4.69) is 4.98 Å². The fraction of sp³-hybridized carbons (Fsp3) is 0.316. The number of nitro groups is 1. The largest absolute Gasteiger partial charge is 0.469 e. The van der Waals surface area contributed by atoms with Gasteiger partial charge in [0.05, 0.1) is 6.61 Å². The predicted octanol–water partition coefficient (Wildman–Crippen LogP) is 2.04. The van der Waals surface area contributed by atoms with Crippen LogP contribution in [0.2, 0.25) is 0 Å². The van der Waals surface area contributed by atoms with Crippen LogP contribution in [0.3, 0.4) is 0 Å². The van der Waals surface area contributed by atoms with E-state index < -0.39 is 35.3 Å². The van der Waals surface area contributed by atoms with Crippen LogP contribution in [-0.4, -0.2) is 48.1 Å². The second-order valence-corrected chi connectivity index (χ2v) is 6.00. The molecule has 29 heavy (non-hydrogen) atoms. The van der Waals surface area contributed by atoms with Crippen molar-refractivity contribution < 1.29 is 28.7 Å². The number of esters is 1. The molecule has 0 N–H and O–H groups in total. The fourth-order valence-corrected chi connectivity index (χ4v) is 2.76. The highest BCUT2D eigenvalue weighted by molar-refractivity contribution is 6.02. The number of carbonyl (C=O) groups excluding carboxylic acids is 2. The highest BCUT2D eigenvalue weighted by Gasteiger charge is 2.41. The summed E-state index contributed by atoms with van der Waals surface area (Å²) in [4.78, 5) is 40.6. The van der Waals surface area contributed by atoms with Crippen LogP contribution in [0.1, 0.15) is 18.6 Å². The van der Waals surface area contributed by atoms with Crippen LogP contribution >= 0.6 is 0 Å². The Kier molecular flexibility index (Phi) is 6.35. The molecule has 3 rings (SSSR count). The molecule has 152 valence electrons. The normalized spacial score (nSPS) is 15.4. The number of benzene rings is 1. The van der Waals surface area contributed by atoms with E-state index in [0.29, 0.717) is 12.2 Å². The van der Waals surface area contributed by atoms with Gasteiger partial charge >= 0.3 is 11.8 Å². The molecule has 0 saturated heterocycles. The quantitative estimate of drug-likeness (QED) is 0.285. The van der Waals surface area contributed by atoms with E-state index in [1.165, 1.54) is 12.1 Å². The molecule has 1 aromatic carbocycles. The average Bonchev–Trinajstić information content (AvgIpc) is 2.73. The third-order valence-corrected chi connectivity index (χ3v) is 4.09. The summed E-state index contributed by atoms with van der Waals surface area (Å²) in [5.74, 6) is -1.66. The smallest absolute Gasteiger partial charge is 0.366 e. The molecule has 1 unspecified atom stereocenters. The maximum atomic E-state index is 13.0. The lowest BCUT2D eigenvalue weighted by atomic mass is 10.1. The number of hydrogen-bond acceptors (Lipinski definition) is 8. The number of hydrogen-bond donors (Lipinski definition) is 0. The number of pyridine rings is 1. The van der Waals surface area contributed by atoms with E-state index in [1.54, 1.807) is 30.3 Å². The molecule has 2 heterocycles. The summed E-state index contributed by atoms with van der Waals surface area (Å²) in [7, 11) is 0. The van der Waals surface area contributed by atoms with Gasteiger partial charge in [-0.15, -0.1) is 0 Å². The first-order valence-electron chi connectivity index (χ1n) is 8.93. The average molecular weight is 401 g/mol.